The number of phenols is 2. The highest BCUT2D eigenvalue weighted by molar-refractivity contribution is 5.37. The second-order valence-electron chi connectivity index (χ2n) is 4.02. The van der Waals surface area contributed by atoms with E-state index in [0.29, 0.717) is 0 Å². The van der Waals surface area contributed by atoms with E-state index >= 15 is 0 Å². The van der Waals surface area contributed by atoms with Crippen molar-refractivity contribution in [3.05, 3.63) is 66.6 Å². The maximum atomic E-state index is 9.27. The Morgan fingerprint density at radius 3 is 1.41 bits per heavy atom. The SMILES string of the molecule is [CH2]CC(c1ccc(O)cc1)c1ccc(O)cc1. The Labute approximate surface area is 101 Å². The zero-order valence-corrected chi connectivity index (χ0v) is 9.50. The molecule has 87 valence electrons. The standard InChI is InChI=1S/C15H15O2/c1-2-15(11-3-7-13(16)8-4-11)12-5-9-14(17)10-6-12/h3-10,15-17H,1-2H2. The predicted octanol–water partition coefficient (Wildman–Crippen LogP) is 3.45. The van der Waals surface area contributed by atoms with Crippen LogP contribution in [0, 0.1) is 6.92 Å². The monoisotopic (exact) mass is 227 g/mol. The molecule has 0 aliphatic carbocycles. The van der Waals surface area contributed by atoms with Crippen LogP contribution in [-0.2, 0) is 0 Å². The van der Waals surface area contributed by atoms with Crippen molar-refractivity contribution in [2.45, 2.75) is 12.3 Å². The molecule has 17 heavy (non-hydrogen) atoms. The lowest BCUT2D eigenvalue weighted by atomic mass is 9.89. The maximum absolute atomic E-state index is 9.27. The Balaban J connectivity index is 2.33. The highest BCUT2D eigenvalue weighted by Crippen LogP contribution is 2.29. The summed E-state index contributed by atoms with van der Waals surface area (Å²) in [6.07, 6.45) is 0.732. The molecule has 0 spiro atoms. The third-order valence-electron chi connectivity index (χ3n) is 2.88. The van der Waals surface area contributed by atoms with Crippen molar-refractivity contribution in [3.63, 3.8) is 0 Å². The second-order valence-corrected chi connectivity index (χ2v) is 4.02. The van der Waals surface area contributed by atoms with Crippen LogP contribution < -0.4 is 0 Å². The van der Waals surface area contributed by atoms with Crippen LogP contribution in [0.1, 0.15) is 23.5 Å². The average molecular weight is 227 g/mol. The molecule has 0 aliphatic heterocycles. The molecule has 0 aliphatic rings. The van der Waals surface area contributed by atoms with E-state index in [4.69, 9.17) is 0 Å². The Hall–Kier alpha value is -1.96. The van der Waals surface area contributed by atoms with Gasteiger partial charge in [0.1, 0.15) is 11.5 Å². The fraction of sp³-hybridized carbons (Fsp3) is 0.133. The van der Waals surface area contributed by atoms with Gasteiger partial charge in [0.05, 0.1) is 0 Å². The van der Waals surface area contributed by atoms with Gasteiger partial charge in [-0.2, -0.15) is 0 Å². The molecule has 0 heterocycles. The minimum absolute atomic E-state index is 0.191. The van der Waals surface area contributed by atoms with Gasteiger partial charge in [0.25, 0.3) is 0 Å². The van der Waals surface area contributed by atoms with Crippen LogP contribution in [0.25, 0.3) is 0 Å². The molecule has 2 N–H and O–H groups in total. The minimum atomic E-state index is 0.191. The van der Waals surface area contributed by atoms with Crippen LogP contribution in [0.15, 0.2) is 48.5 Å². The summed E-state index contributed by atoms with van der Waals surface area (Å²) in [6, 6.07) is 14.3. The van der Waals surface area contributed by atoms with Crippen molar-refractivity contribution in [1.29, 1.82) is 0 Å². The first kappa shape index (κ1) is 11.5. The molecule has 0 saturated heterocycles. The molecular weight excluding hydrogens is 212 g/mol. The summed E-state index contributed by atoms with van der Waals surface area (Å²) in [5, 5.41) is 18.5. The summed E-state index contributed by atoms with van der Waals surface area (Å²) in [6.45, 7) is 3.96. The van der Waals surface area contributed by atoms with E-state index in [0.717, 1.165) is 17.5 Å². The molecule has 0 aromatic heterocycles. The van der Waals surface area contributed by atoms with Gasteiger partial charge < -0.3 is 10.2 Å². The fourth-order valence-electron chi connectivity index (χ4n) is 1.94. The largest absolute Gasteiger partial charge is 0.508 e. The third kappa shape index (κ3) is 2.59. The van der Waals surface area contributed by atoms with Gasteiger partial charge >= 0.3 is 0 Å². The maximum Gasteiger partial charge on any atom is 0.115 e. The van der Waals surface area contributed by atoms with Gasteiger partial charge in [-0.3, -0.25) is 0 Å². The fourth-order valence-corrected chi connectivity index (χ4v) is 1.94. The van der Waals surface area contributed by atoms with Crippen molar-refractivity contribution in [3.8, 4) is 11.5 Å². The van der Waals surface area contributed by atoms with E-state index in [1.54, 1.807) is 24.3 Å². The number of rotatable bonds is 3. The highest BCUT2D eigenvalue weighted by atomic mass is 16.3. The lowest BCUT2D eigenvalue weighted by molar-refractivity contribution is 0.475. The normalized spacial score (nSPS) is 10.7. The molecule has 0 bridgehead atoms. The van der Waals surface area contributed by atoms with Crippen LogP contribution in [0.5, 0.6) is 11.5 Å². The van der Waals surface area contributed by atoms with E-state index in [-0.39, 0.29) is 17.4 Å². The van der Waals surface area contributed by atoms with Crippen molar-refractivity contribution in [2.75, 3.05) is 0 Å². The summed E-state index contributed by atoms with van der Waals surface area (Å²) in [7, 11) is 0. The summed E-state index contributed by atoms with van der Waals surface area (Å²) in [4.78, 5) is 0. The quantitative estimate of drug-likeness (QED) is 0.843. The van der Waals surface area contributed by atoms with Crippen LogP contribution >= 0.6 is 0 Å². The van der Waals surface area contributed by atoms with Gasteiger partial charge in [0.15, 0.2) is 0 Å². The predicted molar refractivity (Wildman–Crippen MR) is 68.0 cm³/mol. The Morgan fingerprint density at radius 2 is 1.12 bits per heavy atom. The average Bonchev–Trinajstić information content (AvgIpc) is 2.35. The van der Waals surface area contributed by atoms with Crippen molar-refractivity contribution < 1.29 is 10.2 Å². The van der Waals surface area contributed by atoms with E-state index < -0.39 is 0 Å². The van der Waals surface area contributed by atoms with Crippen LogP contribution in [0.4, 0.5) is 0 Å². The molecule has 2 aromatic carbocycles. The van der Waals surface area contributed by atoms with Crippen LogP contribution in [0.3, 0.4) is 0 Å². The van der Waals surface area contributed by atoms with Crippen molar-refractivity contribution >= 4 is 0 Å². The van der Waals surface area contributed by atoms with Gasteiger partial charge in [-0.05, 0) is 41.8 Å². The first-order valence-electron chi connectivity index (χ1n) is 5.58. The summed E-state index contributed by atoms with van der Waals surface area (Å²) < 4.78 is 0. The zero-order chi connectivity index (χ0) is 12.3. The van der Waals surface area contributed by atoms with Gasteiger partial charge in [-0.15, -0.1) is 0 Å². The number of benzene rings is 2. The lowest BCUT2D eigenvalue weighted by Crippen LogP contribution is -1.99. The molecule has 0 amide bonds. The molecule has 1 radical (unpaired) electrons. The first-order chi connectivity index (χ1) is 8.20. The Bertz CT molecular complexity index is 426. The molecule has 2 nitrogen and oxygen atoms in total. The zero-order valence-electron chi connectivity index (χ0n) is 9.50. The number of aromatic hydroxyl groups is 2. The highest BCUT2D eigenvalue weighted by Gasteiger charge is 2.11. The van der Waals surface area contributed by atoms with Gasteiger partial charge in [-0.25, -0.2) is 0 Å². The molecule has 2 heteroatoms. The van der Waals surface area contributed by atoms with E-state index in [1.165, 1.54) is 0 Å². The summed E-state index contributed by atoms with van der Waals surface area (Å²) >= 11 is 0. The molecule has 0 atom stereocenters. The van der Waals surface area contributed by atoms with Crippen LogP contribution in [-0.4, -0.2) is 10.2 Å². The molecule has 2 aromatic rings. The lowest BCUT2D eigenvalue weighted by Gasteiger charge is -2.16. The number of hydrogen-bond donors (Lipinski definition) is 2. The summed E-state index contributed by atoms with van der Waals surface area (Å²) in [5.74, 6) is 0.723. The van der Waals surface area contributed by atoms with Crippen LogP contribution in [0.2, 0.25) is 0 Å². The number of phenolic OH excluding ortho intramolecular Hbond substituents is 2. The van der Waals surface area contributed by atoms with Crippen molar-refractivity contribution in [2.24, 2.45) is 0 Å². The Kier molecular flexibility index (Phi) is 3.33. The third-order valence-corrected chi connectivity index (χ3v) is 2.88. The topological polar surface area (TPSA) is 40.5 Å². The Morgan fingerprint density at radius 1 is 0.765 bits per heavy atom. The number of hydrogen-bond acceptors (Lipinski definition) is 2. The van der Waals surface area contributed by atoms with Gasteiger partial charge in [0.2, 0.25) is 0 Å². The van der Waals surface area contributed by atoms with E-state index in [1.807, 2.05) is 24.3 Å². The van der Waals surface area contributed by atoms with E-state index in [9.17, 15) is 10.2 Å². The molecule has 2 rings (SSSR count). The first-order valence-corrected chi connectivity index (χ1v) is 5.58. The molecular formula is C15H15O2. The van der Waals surface area contributed by atoms with Gasteiger partial charge in [0, 0.05) is 5.92 Å². The molecule has 0 saturated carbocycles. The molecule has 0 fully saturated rings. The van der Waals surface area contributed by atoms with Crippen molar-refractivity contribution in [1.82, 2.24) is 0 Å². The summed E-state index contributed by atoms with van der Waals surface area (Å²) in [5.41, 5.74) is 2.23. The second kappa shape index (κ2) is 4.91. The molecule has 0 unspecified atom stereocenters. The van der Waals surface area contributed by atoms with E-state index in [2.05, 4.69) is 6.92 Å². The smallest absolute Gasteiger partial charge is 0.115 e. The van der Waals surface area contributed by atoms with Gasteiger partial charge in [-0.1, -0.05) is 31.2 Å². The minimum Gasteiger partial charge on any atom is -0.508 e.